The van der Waals surface area contributed by atoms with Gasteiger partial charge in [-0.1, -0.05) is 41.6 Å². The summed E-state index contributed by atoms with van der Waals surface area (Å²) < 4.78 is 4.93. The van der Waals surface area contributed by atoms with Gasteiger partial charge in [-0.15, -0.1) is 0 Å². The number of amides is 2. The number of nitrogens with one attached hydrogen (secondary N) is 2. The summed E-state index contributed by atoms with van der Waals surface area (Å²) in [4.78, 5) is 16.6. The van der Waals surface area contributed by atoms with Crippen molar-refractivity contribution in [3.8, 4) is 0 Å². The largest absolute Gasteiger partial charge is 0.360 e. The average molecular weight is 308 g/mol. The highest BCUT2D eigenvalue weighted by Gasteiger charge is 2.18. The molecule has 0 aliphatic rings. The molecule has 3 aromatic rings. The van der Waals surface area contributed by atoms with Crippen molar-refractivity contribution in [1.82, 2.24) is 15.5 Å². The first-order valence-electron chi connectivity index (χ1n) is 7.19. The number of urea groups is 1. The molecule has 2 heterocycles. The fourth-order valence-corrected chi connectivity index (χ4v) is 2.23. The summed E-state index contributed by atoms with van der Waals surface area (Å²) in [6.07, 6.45) is 1.70. The number of hydrogen-bond acceptors (Lipinski definition) is 4. The zero-order valence-electron chi connectivity index (χ0n) is 12.6. The zero-order chi connectivity index (χ0) is 16.1. The minimum absolute atomic E-state index is 0.356. The molecule has 3 rings (SSSR count). The van der Waals surface area contributed by atoms with Crippen LogP contribution in [0.1, 0.15) is 23.1 Å². The van der Waals surface area contributed by atoms with Crippen LogP contribution in [0.5, 0.6) is 0 Å². The maximum atomic E-state index is 12.2. The Morgan fingerprint density at radius 1 is 1.13 bits per heavy atom. The molecule has 0 aliphatic carbocycles. The monoisotopic (exact) mass is 308 g/mol. The second-order valence-electron chi connectivity index (χ2n) is 5.02. The predicted octanol–water partition coefficient (Wildman–Crippen LogP) is 3.29. The van der Waals surface area contributed by atoms with Crippen molar-refractivity contribution in [2.24, 2.45) is 0 Å². The molecule has 0 aliphatic heterocycles. The molecule has 2 amide bonds. The van der Waals surface area contributed by atoms with Gasteiger partial charge in [0.2, 0.25) is 0 Å². The third kappa shape index (κ3) is 3.74. The van der Waals surface area contributed by atoms with Crippen LogP contribution < -0.4 is 10.6 Å². The highest BCUT2D eigenvalue weighted by Crippen LogP contribution is 2.20. The van der Waals surface area contributed by atoms with E-state index in [0.717, 1.165) is 11.3 Å². The number of hydrogen-bond donors (Lipinski definition) is 2. The Labute approximate surface area is 133 Å². The van der Waals surface area contributed by atoms with Crippen LogP contribution in [0.15, 0.2) is 65.3 Å². The minimum Gasteiger partial charge on any atom is -0.360 e. The number of benzene rings is 1. The van der Waals surface area contributed by atoms with Crippen LogP contribution in [0.4, 0.5) is 10.6 Å². The number of carbonyl (C=O) groups excluding carboxylic acids is 1. The van der Waals surface area contributed by atoms with Gasteiger partial charge in [0, 0.05) is 12.3 Å². The molecule has 0 unspecified atom stereocenters. The summed E-state index contributed by atoms with van der Waals surface area (Å²) in [7, 11) is 0. The lowest BCUT2D eigenvalue weighted by Gasteiger charge is -2.18. The van der Waals surface area contributed by atoms with Gasteiger partial charge in [-0.3, -0.25) is 10.3 Å². The number of rotatable bonds is 4. The standard InChI is InChI=1S/C17H16N4O2/c1-12-11-15(21-23-12)19-17(22)20-16(13-7-3-2-4-8-13)14-9-5-6-10-18-14/h2-11,16H,1H3,(H2,19,20,21,22)/t16-/m0/s1. The first kappa shape index (κ1) is 14.8. The van der Waals surface area contributed by atoms with E-state index in [-0.39, 0.29) is 12.1 Å². The lowest BCUT2D eigenvalue weighted by Crippen LogP contribution is -2.33. The number of carbonyl (C=O) groups is 1. The lowest BCUT2D eigenvalue weighted by atomic mass is 10.0. The van der Waals surface area contributed by atoms with E-state index in [0.29, 0.717) is 11.6 Å². The summed E-state index contributed by atoms with van der Waals surface area (Å²) in [5.74, 6) is 0.998. The first-order chi connectivity index (χ1) is 11.2. The number of anilines is 1. The molecule has 6 heteroatoms. The van der Waals surface area contributed by atoms with Gasteiger partial charge in [-0.05, 0) is 24.6 Å². The van der Waals surface area contributed by atoms with E-state index in [1.54, 1.807) is 19.2 Å². The van der Waals surface area contributed by atoms with Gasteiger partial charge >= 0.3 is 6.03 Å². The van der Waals surface area contributed by atoms with Crippen molar-refractivity contribution < 1.29 is 9.32 Å². The topological polar surface area (TPSA) is 80.0 Å². The van der Waals surface area contributed by atoms with Crippen molar-refractivity contribution in [3.63, 3.8) is 0 Å². The van der Waals surface area contributed by atoms with Crippen molar-refractivity contribution in [2.45, 2.75) is 13.0 Å². The molecule has 0 fully saturated rings. The van der Waals surface area contributed by atoms with Crippen LogP contribution in [0.25, 0.3) is 0 Å². The number of pyridine rings is 1. The first-order valence-corrected chi connectivity index (χ1v) is 7.19. The van der Waals surface area contributed by atoms with E-state index < -0.39 is 0 Å². The third-order valence-electron chi connectivity index (χ3n) is 3.26. The fraction of sp³-hybridized carbons (Fsp3) is 0.118. The smallest absolute Gasteiger partial charge is 0.321 e. The molecule has 1 atom stereocenters. The number of nitrogens with zero attached hydrogens (tertiary/aromatic N) is 2. The van der Waals surface area contributed by atoms with Crippen LogP contribution in [0.3, 0.4) is 0 Å². The Kier molecular flexibility index (Phi) is 4.33. The average Bonchev–Trinajstić information content (AvgIpc) is 2.99. The highest BCUT2D eigenvalue weighted by atomic mass is 16.5. The van der Waals surface area contributed by atoms with E-state index in [2.05, 4.69) is 20.8 Å². The van der Waals surface area contributed by atoms with Crippen molar-refractivity contribution >= 4 is 11.8 Å². The van der Waals surface area contributed by atoms with E-state index >= 15 is 0 Å². The van der Waals surface area contributed by atoms with Gasteiger partial charge < -0.3 is 9.84 Å². The normalized spacial score (nSPS) is 11.7. The molecule has 2 aromatic heterocycles. The summed E-state index contributed by atoms with van der Waals surface area (Å²) >= 11 is 0. The zero-order valence-corrected chi connectivity index (χ0v) is 12.6. The molecule has 0 radical (unpaired) electrons. The van der Waals surface area contributed by atoms with Gasteiger partial charge in [-0.2, -0.15) is 0 Å². The van der Waals surface area contributed by atoms with Gasteiger partial charge in [-0.25, -0.2) is 4.79 Å². The van der Waals surface area contributed by atoms with Gasteiger partial charge in [0.05, 0.1) is 11.7 Å². The fourth-order valence-electron chi connectivity index (χ4n) is 2.23. The molecule has 0 saturated carbocycles. The van der Waals surface area contributed by atoms with Crippen LogP contribution in [0, 0.1) is 6.92 Å². The Bertz CT molecular complexity index is 732. The van der Waals surface area contributed by atoms with Gasteiger partial charge in [0.1, 0.15) is 5.76 Å². The second kappa shape index (κ2) is 6.74. The molecular formula is C17H16N4O2. The third-order valence-corrected chi connectivity index (χ3v) is 3.26. The summed E-state index contributed by atoms with van der Waals surface area (Å²) in [6.45, 7) is 1.76. The van der Waals surface area contributed by atoms with E-state index in [1.165, 1.54) is 0 Å². The Morgan fingerprint density at radius 3 is 2.57 bits per heavy atom. The molecule has 23 heavy (non-hydrogen) atoms. The maximum Gasteiger partial charge on any atom is 0.321 e. The molecule has 2 N–H and O–H groups in total. The van der Waals surface area contributed by atoms with E-state index in [1.807, 2.05) is 48.5 Å². The molecule has 1 aromatic carbocycles. The van der Waals surface area contributed by atoms with E-state index in [4.69, 9.17) is 4.52 Å². The highest BCUT2D eigenvalue weighted by molar-refractivity contribution is 5.88. The van der Waals surface area contributed by atoms with Crippen LogP contribution in [-0.4, -0.2) is 16.2 Å². The second-order valence-corrected chi connectivity index (χ2v) is 5.02. The minimum atomic E-state index is -0.377. The Morgan fingerprint density at radius 2 is 1.91 bits per heavy atom. The Balaban J connectivity index is 1.80. The molecule has 6 nitrogen and oxygen atoms in total. The van der Waals surface area contributed by atoms with Crippen molar-refractivity contribution in [1.29, 1.82) is 0 Å². The number of aromatic nitrogens is 2. The Hall–Kier alpha value is -3.15. The summed E-state index contributed by atoms with van der Waals surface area (Å²) in [6, 6.07) is 16.2. The molecule has 116 valence electrons. The van der Waals surface area contributed by atoms with Crippen molar-refractivity contribution in [2.75, 3.05) is 5.32 Å². The van der Waals surface area contributed by atoms with Crippen LogP contribution in [-0.2, 0) is 0 Å². The predicted molar refractivity (Wildman–Crippen MR) is 85.9 cm³/mol. The molecule has 0 spiro atoms. The van der Waals surface area contributed by atoms with Gasteiger partial charge in [0.25, 0.3) is 0 Å². The molecule has 0 bridgehead atoms. The summed E-state index contributed by atoms with van der Waals surface area (Å²) in [5.41, 5.74) is 1.70. The van der Waals surface area contributed by atoms with Gasteiger partial charge in [0.15, 0.2) is 5.82 Å². The quantitative estimate of drug-likeness (QED) is 0.775. The number of aryl methyl sites for hydroxylation is 1. The van der Waals surface area contributed by atoms with E-state index in [9.17, 15) is 4.79 Å². The van der Waals surface area contributed by atoms with Crippen LogP contribution >= 0.6 is 0 Å². The SMILES string of the molecule is Cc1cc(NC(=O)N[C@@H](c2ccccc2)c2ccccn2)no1. The lowest BCUT2D eigenvalue weighted by molar-refractivity contribution is 0.249. The van der Waals surface area contributed by atoms with Crippen LogP contribution in [0.2, 0.25) is 0 Å². The van der Waals surface area contributed by atoms with Crippen molar-refractivity contribution in [3.05, 3.63) is 77.8 Å². The molecular weight excluding hydrogens is 292 g/mol. The summed E-state index contributed by atoms with van der Waals surface area (Å²) in [5, 5.41) is 9.31. The maximum absolute atomic E-state index is 12.2. The molecule has 0 saturated heterocycles.